The van der Waals surface area contributed by atoms with Gasteiger partial charge in [-0.25, -0.2) is 0 Å². The number of rotatable bonds is 1. The van der Waals surface area contributed by atoms with E-state index < -0.39 is 0 Å². The van der Waals surface area contributed by atoms with Crippen LogP contribution >= 0.6 is 0 Å². The zero-order chi connectivity index (χ0) is 7.68. The lowest BCUT2D eigenvalue weighted by Crippen LogP contribution is -1.91. The van der Waals surface area contributed by atoms with Crippen molar-refractivity contribution in [3.8, 4) is 11.4 Å². The summed E-state index contributed by atoms with van der Waals surface area (Å²) < 4.78 is 0. The Morgan fingerprint density at radius 1 is 1.45 bits per heavy atom. The lowest BCUT2D eigenvalue weighted by molar-refractivity contribution is 1.01. The molecule has 11 heavy (non-hydrogen) atoms. The van der Waals surface area contributed by atoms with Crippen molar-refractivity contribution in [1.82, 2.24) is 9.97 Å². The molecular formula is C9H10N2. The lowest BCUT2D eigenvalue weighted by Gasteiger charge is -2.01. The molecule has 0 aromatic rings. The molecule has 0 radical (unpaired) electrons. The molecule has 0 fully saturated rings. The Labute approximate surface area is 65.6 Å². The monoisotopic (exact) mass is 146 g/mol. The fourth-order valence-corrected chi connectivity index (χ4v) is 1.16. The van der Waals surface area contributed by atoms with E-state index in [9.17, 15) is 0 Å². The van der Waals surface area contributed by atoms with E-state index in [0.29, 0.717) is 0 Å². The Kier molecular flexibility index (Phi) is 1.39. The highest BCUT2D eigenvalue weighted by Crippen LogP contribution is 2.17. The van der Waals surface area contributed by atoms with Gasteiger partial charge in [0.05, 0.1) is 11.4 Å². The van der Waals surface area contributed by atoms with Crippen molar-refractivity contribution >= 4 is 0 Å². The van der Waals surface area contributed by atoms with Crippen molar-refractivity contribution in [3.05, 3.63) is 30.1 Å². The van der Waals surface area contributed by atoms with E-state index in [0.717, 1.165) is 17.8 Å². The predicted molar refractivity (Wildman–Crippen MR) is 44.6 cm³/mol. The number of nitrogens with one attached hydrogen (secondary N) is 1. The molecule has 0 aromatic heterocycles. The van der Waals surface area contributed by atoms with Crippen molar-refractivity contribution < 1.29 is 0 Å². The predicted octanol–water partition coefficient (Wildman–Crippen LogP) is 2.08. The first-order valence-corrected chi connectivity index (χ1v) is 3.83. The molecule has 0 saturated heterocycles. The zero-order valence-corrected chi connectivity index (χ0v) is 6.46. The molecule has 0 bridgehead atoms. The minimum Gasteiger partial charge on any atom is -0.356 e. The van der Waals surface area contributed by atoms with Crippen molar-refractivity contribution in [3.63, 3.8) is 0 Å². The number of fused-ring (bicyclic) bond motifs is 1. The van der Waals surface area contributed by atoms with Crippen LogP contribution in [-0.4, -0.2) is 9.97 Å². The molecule has 1 aliphatic heterocycles. The van der Waals surface area contributed by atoms with Crippen LogP contribution in [0.2, 0.25) is 0 Å². The number of nitrogens with zero attached hydrogens (tertiary/aromatic N) is 1. The second kappa shape index (κ2) is 2.38. The van der Waals surface area contributed by atoms with Gasteiger partial charge in [0.2, 0.25) is 0 Å². The Balaban J connectivity index is 2.59. The van der Waals surface area contributed by atoms with Crippen LogP contribution in [0.4, 0.5) is 0 Å². The molecule has 2 nitrogen and oxygen atoms in total. The van der Waals surface area contributed by atoms with Gasteiger partial charge >= 0.3 is 0 Å². The van der Waals surface area contributed by atoms with Crippen LogP contribution in [-0.2, 0) is 6.42 Å². The number of hydrogen-bond acceptors (Lipinski definition) is 1. The van der Waals surface area contributed by atoms with Crippen LogP contribution in [0.25, 0.3) is 11.4 Å². The fourth-order valence-electron chi connectivity index (χ4n) is 1.16. The van der Waals surface area contributed by atoms with E-state index in [2.05, 4.69) is 16.9 Å². The molecule has 2 rings (SSSR count). The van der Waals surface area contributed by atoms with E-state index in [1.54, 1.807) is 0 Å². The van der Waals surface area contributed by atoms with Crippen LogP contribution < -0.4 is 0 Å². The third-order valence-electron chi connectivity index (χ3n) is 1.83. The van der Waals surface area contributed by atoms with Crippen LogP contribution in [0.15, 0.2) is 24.4 Å². The van der Waals surface area contributed by atoms with E-state index in [1.165, 1.54) is 5.69 Å². The van der Waals surface area contributed by atoms with Crippen LogP contribution in [0, 0.1) is 0 Å². The molecule has 1 N–H and O–H groups in total. The topological polar surface area (TPSA) is 28.7 Å². The summed E-state index contributed by atoms with van der Waals surface area (Å²) in [6, 6.07) is 6.06. The average Bonchev–Trinajstić information content (AvgIpc) is 2.50. The summed E-state index contributed by atoms with van der Waals surface area (Å²) in [5, 5.41) is 0. The minimum atomic E-state index is 1.01. The molecule has 2 heteroatoms. The number of aryl methyl sites for hydroxylation is 1. The second-order valence-corrected chi connectivity index (χ2v) is 2.59. The molecule has 1 aliphatic carbocycles. The fraction of sp³-hybridized carbons (Fsp3) is 0.222. The molecule has 0 unspecified atom stereocenters. The smallest absolute Gasteiger partial charge is 0.0865 e. The Hall–Kier alpha value is -1.31. The molecule has 0 saturated carbocycles. The third kappa shape index (κ3) is 1.00. The van der Waals surface area contributed by atoms with E-state index in [1.807, 2.05) is 24.4 Å². The first kappa shape index (κ1) is 6.40. The van der Waals surface area contributed by atoms with Gasteiger partial charge in [-0.15, -0.1) is 0 Å². The second-order valence-electron chi connectivity index (χ2n) is 2.59. The Morgan fingerprint density at radius 3 is 3.18 bits per heavy atom. The van der Waals surface area contributed by atoms with Gasteiger partial charge in [0.25, 0.3) is 0 Å². The van der Waals surface area contributed by atoms with Crippen LogP contribution in [0.1, 0.15) is 12.6 Å². The van der Waals surface area contributed by atoms with Crippen molar-refractivity contribution in [1.29, 1.82) is 0 Å². The largest absolute Gasteiger partial charge is 0.356 e. The van der Waals surface area contributed by atoms with Crippen LogP contribution in [0.5, 0.6) is 0 Å². The van der Waals surface area contributed by atoms with Crippen molar-refractivity contribution in [2.75, 3.05) is 0 Å². The quantitative estimate of drug-likeness (QED) is 0.655. The summed E-state index contributed by atoms with van der Waals surface area (Å²) >= 11 is 0. The molecule has 0 atom stereocenters. The van der Waals surface area contributed by atoms with Gasteiger partial charge in [0, 0.05) is 11.9 Å². The van der Waals surface area contributed by atoms with Crippen LogP contribution in [0.3, 0.4) is 0 Å². The maximum Gasteiger partial charge on any atom is 0.0865 e. The van der Waals surface area contributed by atoms with Gasteiger partial charge in [-0.1, -0.05) is 13.0 Å². The molecule has 0 amide bonds. The van der Waals surface area contributed by atoms with Gasteiger partial charge in [0.1, 0.15) is 0 Å². The standard InChI is InChI=1S/C9H10N2/c1-2-7-6-10-8-4-3-5-9(8)11-7/h3-6,11H,2H2,1H3. The molecule has 0 spiro atoms. The zero-order valence-electron chi connectivity index (χ0n) is 6.46. The van der Waals surface area contributed by atoms with Gasteiger partial charge in [0.15, 0.2) is 0 Å². The average molecular weight is 146 g/mol. The summed E-state index contributed by atoms with van der Waals surface area (Å²) in [4.78, 5) is 7.57. The van der Waals surface area contributed by atoms with Gasteiger partial charge in [-0.3, -0.25) is 4.98 Å². The van der Waals surface area contributed by atoms with Gasteiger partial charge in [-0.05, 0) is 18.6 Å². The highest BCUT2D eigenvalue weighted by Gasteiger charge is 2.01. The highest BCUT2D eigenvalue weighted by molar-refractivity contribution is 5.56. The van der Waals surface area contributed by atoms with Crippen molar-refractivity contribution in [2.45, 2.75) is 13.3 Å². The molecule has 1 heterocycles. The number of H-pyrrole nitrogens is 1. The molecular weight excluding hydrogens is 136 g/mol. The van der Waals surface area contributed by atoms with E-state index in [4.69, 9.17) is 0 Å². The van der Waals surface area contributed by atoms with Gasteiger partial charge in [-0.2, -0.15) is 0 Å². The number of aromatic nitrogens is 2. The normalized spacial score (nSPS) is 10.6. The number of hydrogen-bond donors (Lipinski definition) is 1. The summed E-state index contributed by atoms with van der Waals surface area (Å²) in [5.74, 6) is 0. The lowest BCUT2D eigenvalue weighted by atomic mass is 10.3. The maximum absolute atomic E-state index is 4.28. The Bertz CT molecular complexity index is 324. The van der Waals surface area contributed by atoms with E-state index >= 15 is 0 Å². The first-order valence-electron chi connectivity index (χ1n) is 3.83. The van der Waals surface area contributed by atoms with E-state index in [-0.39, 0.29) is 0 Å². The summed E-state index contributed by atoms with van der Waals surface area (Å²) in [7, 11) is 0. The van der Waals surface area contributed by atoms with Gasteiger partial charge < -0.3 is 4.98 Å². The SMILES string of the molecule is CCc1cnc2cccc-2[nH]1. The third-order valence-corrected chi connectivity index (χ3v) is 1.83. The maximum atomic E-state index is 4.28. The summed E-state index contributed by atoms with van der Waals surface area (Å²) in [5.41, 5.74) is 3.36. The highest BCUT2D eigenvalue weighted by atomic mass is 14.8. The summed E-state index contributed by atoms with van der Waals surface area (Å²) in [6.45, 7) is 2.11. The molecule has 56 valence electrons. The summed E-state index contributed by atoms with van der Waals surface area (Å²) in [6.07, 6.45) is 2.90. The Morgan fingerprint density at radius 2 is 2.36 bits per heavy atom. The molecule has 0 aromatic carbocycles. The number of aromatic amines is 1. The minimum absolute atomic E-state index is 1.01. The first-order chi connectivity index (χ1) is 5.40. The molecule has 2 aliphatic rings. The van der Waals surface area contributed by atoms with Crippen molar-refractivity contribution in [2.24, 2.45) is 0 Å².